The SMILES string of the molecule is Cn1c(O)c(C2=c3cc(F)ccc3=NC2=O)sc1=S. The lowest BCUT2D eigenvalue weighted by molar-refractivity contribution is -0.112. The van der Waals surface area contributed by atoms with E-state index in [-0.39, 0.29) is 11.5 Å². The topological polar surface area (TPSA) is 54.6 Å². The molecule has 2 aromatic rings. The summed E-state index contributed by atoms with van der Waals surface area (Å²) in [5.41, 5.74) is 0.198. The Labute approximate surface area is 115 Å². The van der Waals surface area contributed by atoms with E-state index >= 15 is 0 Å². The van der Waals surface area contributed by atoms with Crippen LogP contribution in [0.15, 0.2) is 23.2 Å². The Hall–Kier alpha value is -1.86. The molecule has 0 atom stereocenters. The highest BCUT2D eigenvalue weighted by Crippen LogP contribution is 2.31. The van der Waals surface area contributed by atoms with Crippen LogP contribution in [0.1, 0.15) is 4.88 Å². The van der Waals surface area contributed by atoms with Crippen molar-refractivity contribution in [2.75, 3.05) is 0 Å². The van der Waals surface area contributed by atoms with Gasteiger partial charge in [0.25, 0.3) is 5.91 Å². The Balaban J connectivity index is 2.45. The summed E-state index contributed by atoms with van der Waals surface area (Å²) in [5, 5.41) is 10.8. The summed E-state index contributed by atoms with van der Waals surface area (Å²) in [4.78, 5) is 16.1. The Morgan fingerprint density at radius 3 is 2.84 bits per heavy atom. The number of hydrogen-bond acceptors (Lipinski definition) is 4. The number of thiazole rings is 1. The summed E-state index contributed by atoms with van der Waals surface area (Å²) in [6, 6.07) is 3.92. The number of rotatable bonds is 1. The average molecular weight is 294 g/mol. The van der Waals surface area contributed by atoms with Crippen LogP contribution in [0.25, 0.3) is 5.57 Å². The summed E-state index contributed by atoms with van der Waals surface area (Å²) in [7, 11) is 1.60. The highest BCUT2D eigenvalue weighted by Gasteiger charge is 2.24. The molecule has 0 spiro atoms. The third-order valence-electron chi connectivity index (χ3n) is 2.87. The van der Waals surface area contributed by atoms with Crippen LogP contribution in [-0.2, 0) is 11.8 Å². The molecule has 1 aliphatic rings. The lowest BCUT2D eigenvalue weighted by Crippen LogP contribution is -2.23. The van der Waals surface area contributed by atoms with E-state index in [1.54, 1.807) is 7.05 Å². The zero-order valence-corrected chi connectivity index (χ0v) is 11.3. The van der Waals surface area contributed by atoms with Gasteiger partial charge in [-0.1, -0.05) is 0 Å². The van der Waals surface area contributed by atoms with Crippen LogP contribution in [0.3, 0.4) is 0 Å². The van der Waals surface area contributed by atoms with Gasteiger partial charge in [0.1, 0.15) is 10.7 Å². The van der Waals surface area contributed by atoms with E-state index < -0.39 is 11.7 Å². The molecular formula is C12H7FN2O2S2. The normalized spacial score (nSPS) is 13.6. The van der Waals surface area contributed by atoms with Crippen LogP contribution in [0.5, 0.6) is 5.88 Å². The van der Waals surface area contributed by atoms with Crippen molar-refractivity contribution < 1.29 is 14.3 Å². The number of hydrogen-bond donors (Lipinski definition) is 1. The van der Waals surface area contributed by atoms with Gasteiger partial charge in [-0.05, 0) is 30.4 Å². The molecule has 1 aromatic heterocycles. The van der Waals surface area contributed by atoms with Crippen LogP contribution in [0.4, 0.5) is 4.39 Å². The van der Waals surface area contributed by atoms with E-state index in [1.807, 2.05) is 0 Å². The van der Waals surface area contributed by atoms with E-state index in [4.69, 9.17) is 12.2 Å². The van der Waals surface area contributed by atoms with Gasteiger partial charge < -0.3 is 5.11 Å². The first kappa shape index (κ1) is 12.2. The van der Waals surface area contributed by atoms with Crippen molar-refractivity contribution in [1.29, 1.82) is 0 Å². The molecular weight excluding hydrogens is 287 g/mol. The van der Waals surface area contributed by atoms with Gasteiger partial charge in [0.15, 0.2) is 3.95 Å². The number of benzene rings is 1. The van der Waals surface area contributed by atoms with Crippen molar-refractivity contribution >= 4 is 35.0 Å². The lowest BCUT2D eigenvalue weighted by Gasteiger charge is -1.98. The number of nitrogens with zero attached hydrogens (tertiary/aromatic N) is 2. The number of fused-ring (bicyclic) bond motifs is 1. The molecule has 96 valence electrons. The first-order valence-corrected chi connectivity index (χ1v) is 6.53. The van der Waals surface area contributed by atoms with Gasteiger partial charge >= 0.3 is 0 Å². The molecule has 0 bridgehead atoms. The zero-order chi connectivity index (χ0) is 13.7. The van der Waals surface area contributed by atoms with Gasteiger partial charge in [0.05, 0.1) is 10.9 Å². The molecule has 7 heteroatoms. The second-order valence-corrected chi connectivity index (χ2v) is 5.68. The highest BCUT2D eigenvalue weighted by molar-refractivity contribution is 7.73. The maximum absolute atomic E-state index is 13.3. The van der Waals surface area contributed by atoms with Crippen molar-refractivity contribution in [3.8, 4) is 5.88 Å². The number of amides is 1. The van der Waals surface area contributed by atoms with E-state index in [1.165, 1.54) is 22.8 Å². The number of halogens is 1. The molecule has 0 radical (unpaired) electrons. The molecule has 0 unspecified atom stereocenters. The molecule has 0 fully saturated rings. The number of carbonyl (C=O) groups is 1. The lowest BCUT2D eigenvalue weighted by atomic mass is 10.1. The van der Waals surface area contributed by atoms with Crippen molar-refractivity contribution in [3.63, 3.8) is 0 Å². The Morgan fingerprint density at radius 1 is 1.47 bits per heavy atom. The summed E-state index contributed by atoms with van der Waals surface area (Å²) < 4.78 is 15.1. The maximum Gasteiger partial charge on any atom is 0.279 e. The largest absolute Gasteiger partial charge is 0.493 e. The minimum atomic E-state index is -0.493. The second-order valence-electron chi connectivity index (χ2n) is 4.03. The molecule has 1 amide bonds. The predicted octanol–water partition coefficient (Wildman–Crippen LogP) is 1.02. The van der Waals surface area contributed by atoms with Crippen LogP contribution < -0.4 is 10.6 Å². The number of aromatic hydroxyl groups is 1. The smallest absolute Gasteiger partial charge is 0.279 e. The fraction of sp³-hybridized carbons (Fsp3) is 0.0833. The van der Waals surface area contributed by atoms with Gasteiger partial charge in [-0.15, -0.1) is 11.3 Å². The summed E-state index contributed by atoms with van der Waals surface area (Å²) in [6.45, 7) is 0. The molecule has 4 nitrogen and oxygen atoms in total. The van der Waals surface area contributed by atoms with E-state index in [0.29, 0.717) is 19.4 Å². The predicted molar refractivity (Wildman–Crippen MR) is 70.5 cm³/mol. The van der Waals surface area contributed by atoms with Crippen molar-refractivity contribution in [3.05, 3.63) is 43.4 Å². The van der Waals surface area contributed by atoms with E-state index in [0.717, 1.165) is 11.3 Å². The van der Waals surface area contributed by atoms with Crippen molar-refractivity contribution in [1.82, 2.24) is 4.57 Å². The minimum absolute atomic E-state index is 0.106. The Morgan fingerprint density at radius 2 is 2.21 bits per heavy atom. The Bertz CT molecular complexity index is 895. The van der Waals surface area contributed by atoms with Crippen LogP contribution in [0, 0.1) is 9.77 Å². The van der Waals surface area contributed by atoms with Crippen LogP contribution >= 0.6 is 23.6 Å². The van der Waals surface area contributed by atoms with Gasteiger partial charge in [0.2, 0.25) is 5.88 Å². The monoisotopic (exact) mass is 294 g/mol. The van der Waals surface area contributed by atoms with Crippen LogP contribution in [-0.4, -0.2) is 15.6 Å². The zero-order valence-electron chi connectivity index (χ0n) is 9.68. The quantitative estimate of drug-likeness (QED) is 0.799. The molecule has 3 rings (SSSR count). The molecule has 0 saturated carbocycles. The molecule has 1 aliphatic heterocycles. The van der Waals surface area contributed by atoms with Gasteiger partial charge in [-0.3, -0.25) is 9.36 Å². The summed E-state index contributed by atoms with van der Waals surface area (Å²) in [5.74, 6) is -1.06. The molecule has 1 aromatic carbocycles. The van der Waals surface area contributed by atoms with Crippen LogP contribution in [0.2, 0.25) is 0 Å². The summed E-state index contributed by atoms with van der Waals surface area (Å²) >= 11 is 6.15. The Kier molecular flexibility index (Phi) is 2.61. The molecule has 0 aliphatic carbocycles. The second kappa shape index (κ2) is 4.07. The van der Waals surface area contributed by atoms with E-state index in [2.05, 4.69) is 4.99 Å². The first-order chi connectivity index (χ1) is 8.99. The minimum Gasteiger partial charge on any atom is -0.493 e. The number of carbonyl (C=O) groups excluding carboxylic acids is 1. The van der Waals surface area contributed by atoms with E-state index in [9.17, 15) is 14.3 Å². The maximum atomic E-state index is 13.3. The van der Waals surface area contributed by atoms with Gasteiger partial charge in [0, 0.05) is 12.3 Å². The third-order valence-corrected chi connectivity index (χ3v) is 4.44. The molecule has 2 heterocycles. The van der Waals surface area contributed by atoms with Gasteiger partial charge in [-0.25, -0.2) is 9.38 Å². The van der Waals surface area contributed by atoms with Crippen molar-refractivity contribution in [2.45, 2.75) is 0 Å². The van der Waals surface area contributed by atoms with Gasteiger partial charge in [-0.2, -0.15) is 0 Å². The summed E-state index contributed by atoms with van der Waals surface area (Å²) in [6.07, 6.45) is 0. The highest BCUT2D eigenvalue weighted by atomic mass is 32.1. The third kappa shape index (κ3) is 1.73. The number of aromatic nitrogens is 1. The fourth-order valence-electron chi connectivity index (χ4n) is 1.91. The average Bonchev–Trinajstić information content (AvgIpc) is 2.80. The van der Waals surface area contributed by atoms with Crippen molar-refractivity contribution in [2.24, 2.45) is 12.0 Å². The molecule has 1 N–H and O–H groups in total. The fourth-order valence-corrected chi connectivity index (χ4v) is 3.17. The first-order valence-electron chi connectivity index (χ1n) is 5.31. The standard InChI is InChI=1S/C12H7FN2O2S2/c1-15-11(17)9(19-12(15)18)8-6-4-5(13)2-3-7(6)14-10(8)16/h2-4,17H,1H3. The molecule has 19 heavy (non-hydrogen) atoms. The molecule has 0 saturated heterocycles.